The SMILES string of the molecule is CCC/C=C/CCC(=O)N(C)C(C)C(=O)[O-].[K+]. The number of amides is 1. The van der Waals surface area contributed by atoms with Crippen LogP contribution in [0.2, 0.25) is 0 Å². The monoisotopic (exact) mass is 265 g/mol. The molecular weight excluding hydrogens is 245 g/mol. The summed E-state index contributed by atoms with van der Waals surface area (Å²) in [6, 6.07) is -0.868. The Morgan fingerprint density at radius 2 is 1.82 bits per heavy atom. The van der Waals surface area contributed by atoms with Crippen molar-refractivity contribution >= 4 is 11.9 Å². The summed E-state index contributed by atoms with van der Waals surface area (Å²) in [5.74, 6) is -1.39. The van der Waals surface area contributed by atoms with Crippen LogP contribution in [0, 0.1) is 0 Å². The largest absolute Gasteiger partial charge is 1.00 e. The summed E-state index contributed by atoms with van der Waals surface area (Å²) < 4.78 is 0. The standard InChI is InChI=1S/C12H21NO3.K/c1-4-5-6-7-8-9-11(14)13(3)10(2)12(15)16;/h6-7,10H,4-5,8-9H2,1-3H3,(H,15,16);/q;+1/p-1/b7-6+;. The summed E-state index contributed by atoms with van der Waals surface area (Å²) in [5, 5.41) is 10.5. The van der Waals surface area contributed by atoms with Crippen molar-refractivity contribution in [2.75, 3.05) is 7.05 Å². The van der Waals surface area contributed by atoms with Gasteiger partial charge in [-0.25, -0.2) is 0 Å². The van der Waals surface area contributed by atoms with Gasteiger partial charge in [-0.05, 0) is 19.8 Å². The molecular formula is C12H20KNO3. The summed E-state index contributed by atoms with van der Waals surface area (Å²) in [6.07, 6.45) is 7.09. The molecule has 0 spiro atoms. The first-order valence-corrected chi connectivity index (χ1v) is 5.62. The van der Waals surface area contributed by atoms with Gasteiger partial charge in [-0.2, -0.15) is 0 Å². The van der Waals surface area contributed by atoms with Crippen molar-refractivity contribution < 1.29 is 66.1 Å². The third-order valence-electron chi connectivity index (χ3n) is 2.46. The number of carboxylic acid groups (broad SMARTS) is 1. The van der Waals surface area contributed by atoms with E-state index in [9.17, 15) is 14.7 Å². The number of carboxylic acids is 1. The second-order valence-electron chi connectivity index (χ2n) is 3.80. The van der Waals surface area contributed by atoms with E-state index >= 15 is 0 Å². The molecule has 0 aliphatic rings. The van der Waals surface area contributed by atoms with Crippen LogP contribution in [-0.4, -0.2) is 29.9 Å². The Morgan fingerprint density at radius 1 is 1.29 bits per heavy atom. The molecule has 0 aromatic heterocycles. The van der Waals surface area contributed by atoms with Crippen molar-refractivity contribution in [1.29, 1.82) is 0 Å². The summed E-state index contributed by atoms with van der Waals surface area (Å²) in [4.78, 5) is 23.3. The number of aliphatic carboxylic acids is 1. The zero-order valence-electron chi connectivity index (χ0n) is 11.2. The molecule has 0 saturated heterocycles. The molecule has 0 aromatic rings. The fourth-order valence-corrected chi connectivity index (χ4v) is 1.16. The number of likely N-dealkylation sites (N-methyl/N-ethyl adjacent to an activating group) is 1. The maximum Gasteiger partial charge on any atom is 1.00 e. The Bertz CT molecular complexity index is 266. The number of nitrogens with zero attached hydrogens (tertiary/aromatic N) is 1. The molecule has 0 fully saturated rings. The molecule has 17 heavy (non-hydrogen) atoms. The molecule has 0 bridgehead atoms. The molecule has 0 radical (unpaired) electrons. The van der Waals surface area contributed by atoms with E-state index in [-0.39, 0.29) is 57.3 Å². The summed E-state index contributed by atoms with van der Waals surface area (Å²) in [5.41, 5.74) is 0. The van der Waals surface area contributed by atoms with Gasteiger partial charge in [-0.3, -0.25) is 4.79 Å². The van der Waals surface area contributed by atoms with Crippen LogP contribution < -0.4 is 56.5 Å². The van der Waals surface area contributed by atoms with Gasteiger partial charge in [0.25, 0.3) is 0 Å². The van der Waals surface area contributed by atoms with Crippen LogP contribution >= 0.6 is 0 Å². The Balaban J connectivity index is 0. The van der Waals surface area contributed by atoms with E-state index in [1.54, 1.807) is 0 Å². The summed E-state index contributed by atoms with van der Waals surface area (Å²) in [6.45, 7) is 3.53. The number of hydrogen-bond donors (Lipinski definition) is 0. The van der Waals surface area contributed by atoms with Crippen LogP contribution in [0.5, 0.6) is 0 Å². The van der Waals surface area contributed by atoms with E-state index in [2.05, 4.69) is 6.92 Å². The second kappa shape index (κ2) is 11.4. The van der Waals surface area contributed by atoms with E-state index in [0.29, 0.717) is 12.8 Å². The molecule has 0 N–H and O–H groups in total. The molecule has 0 aromatic carbocycles. The van der Waals surface area contributed by atoms with Gasteiger partial charge >= 0.3 is 51.4 Å². The maximum atomic E-state index is 11.5. The van der Waals surface area contributed by atoms with E-state index in [1.807, 2.05) is 12.2 Å². The smallest absolute Gasteiger partial charge is 0.548 e. The minimum atomic E-state index is -1.22. The Labute approximate surface area is 146 Å². The zero-order valence-corrected chi connectivity index (χ0v) is 14.4. The second-order valence-corrected chi connectivity index (χ2v) is 3.80. The van der Waals surface area contributed by atoms with Crippen molar-refractivity contribution in [2.24, 2.45) is 0 Å². The molecule has 0 aliphatic heterocycles. The molecule has 1 atom stereocenters. The normalized spacial score (nSPS) is 11.9. The van der Waals surface area contributed by atoms with Crippen molar-refractivity contribution in [2.45, 2.75) is 45.6 Å². The average Bonchev–Trinajstić information content (AvgIpc) is 2.26. The Kier molecular flexibility index (Phi) is 13.2. The molecule has 5 heteroatoms. The Morgan fingerprint density at radius 3 is 2.29 bits per heavy atom. The topological polar surface area (TPSA) is 60.4 Å². The minimum Gasteiger partial charge on any atom is -0.548 e. The summed E-state index contributed by atoms with van der Waals surface area (Å²) >= 11 is 0. The molecule has 1 amide bonds. The van der Waals surface area contributed by atoms with Gasteiger partial charge in [0.1, 0.15) is 0 Å². The van der Waals surface area contributed by atoms with Crippen LogP contribution in [0.3, 0.4) is 0 Å². The van der Waals surface area contributed by atoms with Crippen molar-refractivity contribution in [3.8, 4) is 0 Å². The Hall–Kier alpha value is 0.316. The van der Waals surface area contributed by atoms with Gasteiger partial charge in [-0.15, -0.1) is 0 Å². The number of rotatable bonds is 7. The average molecular weight is 265 g/mol. The van der Waals surface area contributed by atoms with E-state index in [1.165, 1.54) is 18.9 Å². The van der Waals surface area contributed by atoms with Gasteiger partial charge in [-0.1, -0.05) is 25.5 Å². The van der Waals surface area contributed by atoms with Gasteiger partial charge < -0.3 is 14.8 Å². The number of carbonyl (C=O) groups is 2. The van der Waals surface area contributed by atoms with E-state index < -0.39 is 12.0 Å². The zero-order chi connectivity index (χ0) is 12.6. The molecule has 0 aliphatic carbocycles. The van der Waals surface area contributed by atoms with Gasteiger partial charge in [0.2, 0.25) is 5.91 Å². The quantitative estimate of drug-likeness (QED) is 0.385. The van der Waals surface area contributed by atoms with Crippen LogP contribution in [0.15, 0.2) is 12.2 Å². The number of unbranched alkanes of at least 4 members (excludes halogenated alkanes) is 1. The van der Waals surface area contributed by atoms with E-state index in [0.717, 1.165) is 12.8 Å². The van der Waals surface area contributed by atoms with E-state index in [4.69, 9.17) is 0 Å². The first-order valence-electron chi connectivity index (χ1n) is 5.62. The van der Waals surface area contributed by atoms with Crippen LogP contribution in [0.4, 0.5) is 0 Å². The van der Waals surface area contributed by atoms with Crippen LogP contribution in [0.25, 0.3) is 0 Å². The predicted molar refractivity (Wildman–Crippen MR) is 60.5 cm³/mol. The molecule has 1 unspecified atom stereocenters. The molecule has 0 heterocycles. The first kappa shape index (κ1) is 19.7. The molecule has 0 saturated carbocycles. The van der Waals surface area contributed by atoms with Gasteiger partial charge in [0, 0.05) is 13.5 Å². The third kappa shape index (κ3) is 8.96. The molecule has 4 nitrogen and oxygen atoms in total. The van der Waals surface area contributed by atoms with Crippen LogP contribution in [0.1, 0.15) is 39.5 Å². The predicted octanol–water partition coefficient (Wildman–Crippen LogP) is -2.28. The van der Waals surface area contributed by atoms with Crippen molar-refractivity contribution in [3.63, 3.8) is 0 Å². The van der Waals surface area contributed by atoms with Crippen molar-refractivity contribution in [1.82, 2.24) is 4.90 Å². The number of hydrogen-bond acceptors (Lipinski definition) is 3. The first-order chi connectivity index (χ1) is 7.50. The van der Waals surface area contributed by atoms with Crippen molar-refractivity contribution in [3.05, 3.63) is 12.2 Å². The molecule has 92 valence electrons. The number of allylic oxidation sites excluding steroid dienone is 2. The minimum absolute atomic E-state index is 0. The van der Waals surface area contributed by atoms with Crippen LogP contribution in [-0.2, 0) is 9.59 Å². The molecule has 0 rings (SSSR count). The summed E-state index contributed by atoms with van der Waals surface area (Å²) in [7, 11) is 1.48. The third-order valence-corrected chi connectivity index (χ3v) is 2.46. The van der Waals surface area contributed by atoms with Gasteiger partial charge in [0.15, 0.2) is 0 Å². The fraction of sp³-hybridized carbons (Fsp3) is 0.667. The maximum absolute atomic E-state index is 11.5. The number of carbonyl (C=O) groups excluding carboxylic acids is 2. The fourth-order valence-electron chi connectivity index (χ4n) is 1.16. The van der Waals surface area contributed by atoms with Gasteiger partial charge in [0.05, 0.1) is 12.0 Å².